The summed E-state index contributed by atoms with van der Waals surface area (Å²) in [6, 6.07) is 0. The highest BCUT2D eigenvalue weighted by Gasteiger charge is 2.69. The molecule has 0 radical (unpaired) electrons. The second kappa shape index (κ2) is 5.87. The Balaban J connectivity index is 1.71. The van der Waals surface area contributed by atoms with E-state index in [1.807, 2.05) is 6.92 Å². The standard InChI is InChI=1S/C21H32O5/c1-19-7-5-13(23)9-12(19)3-4-14-15(19)6-8-20(2)16(14)10-17(24)21(20,26)18(25)11-22/h3,13-17,22-24,26H,4-11H2,1-2H3/t13?,14-,15+,16+,17?,19+,20+,21+/m1/s1. The number of carbonyl (C=O) groups is 1. The lowest BCUT2D eigenvalue weighted by Gasteiger charge is -2.58. The van der Waals surface area contributed by atoms with Crippen LogP contribution in [0.1, 0.15) is 58.8 Å². The van der Waals surface area contributed by atoms with Gasteiger partial charge < -0.3 is 20.4 Å². The maximum Gasteiger partial charge on any atom is 0.192 e. The van der Waals surface area contributed by atoms with E-state index in [1.165, 1.54) is 5.57 Å². The Morgan fingerprint density at radius 2 is 1.92 bits per heavy atom. The van der Waals surface area contributed by atoms with E-state index in [0.717, 1.165) is 32.1 Å². The van der Waals surface area contributed by atoms with Gasteiger partial charge in [-0.3, -0.25) is 4.79 Å². The van der Waals surface area contributed by atoms with Crippen molar-refractivity contribution in [2.75, 3.05) is 6.61 Å². The maximum absolute atomic E-state index is 12.4. The molecular formula is C21H32O5. The molecule has 0 saturated heterocycles. The molecule has 0 aromatic carbocycles. The lowest BCUT2D eigenvalue weighted by Crippen LogP contribution is -2.61. The number of allylic oxidation sites excluding steroid dienone is 1. The highest BCUT2D eigenvalue weighted by atomic mass is 16.4. The number of Topliss-reactive ketones (excluding diaryl/α,β-unsaturated/α-hetero) is 1. The molecule has 0 spiro atoms. The third kappa shape index (κ3) is 2.15. The monoisotopic (exact) mass is 364 g/mol. The van der Waals surface area contributed by atoms with E-state index in [1.54, 1.807) is 0 Å². The Bertz CT molecular complexity index is 644. The summed E-state index contributed by atoms with van der Waals surface area (Å²) in [5, 5.41) is 41.3. The molecule has 4 aliphatic carbocycles. The largest absolute Gasteiger partial charge is 0.393 e. The highest BCUT2D eigenvalue weighted by molar-refractivity contribution is 5.90. The van der Waals surface area contributed by atoms with Gasteiger partial charge in [-0.05, 0) is 68.1 Å². The fourth-order valence-electron chi connectivity index (χ4n) is 7.29. The van der Waals surface area contributed by atoms with Crippen LogP contribution < -0.4 is 0 Å². The number of fused-ring (bicyclic) bond motifs is 5. The minimum absolute atomic E-state index is 0.0678. The molecule has 26 heavy (non-hydrogen) atoms. The molecule has 0 bridgehead atoms. The van der Waals surface area contributed by atoms with Crippen molar-refractivity contribution in [1.82, 2.24) is 0 Å². The first-order chi connectivity index (χ1) is 12.2. The van der Waals surface area contributed by atoms with E-state index in [9.17, 15) is 25.2 Å². The van der Waals surface area contributed by atoms with E-state index >= 15 is 0 Å². The van der Waals surface area contributed by atoms with E-state index in [4.69, 9.17) is 0 Å². The van der Waals surface area contributed by atoms with Crippen LogP contribution in [0.25, 0.3) is 0 Å². The van der Waals surface area contributed by atoms with Crippen molar-refractivity contribution in [3.05, 3.63) is 11.6 Å². The van der Waals surface area contributed by atoms with Crippen LogP contribution in [0.4, 0.5) is 0 Å². The van der Waals surface area contributed by atoms with Crippen LogP contribution in [0.5, 0.6) is 0 Å². The number of carbonyl (C=O) groups excluding carboxylic acids is 1. The van der Waals surface area contributed by atoms with Crippen molar-refractivity contribution in [3.8, 4) is 0 Å². The Hall–Kier alpha value is -0.750. The van der Waals surface area contributed by atoms with Crippen molar-refractivity contribution >= 4 is 5.78 Å². The number of aliphatic hydroxyl groups is 4. The van der Waals surface area contributed by atoms with Crippen LogP contribution in [0.2, 0.25) is 0 Å². The summed E-state index contributed by atoms with van der Waals surface area (Å²) in [4.78, 5) is 12.4. The van der Waals surface area contributed by atoms with Crippen molar-refractivity contribution in [3.63, 3.8) is 0 Å². The van der Waals surface area contributed by atoms with E-state index in [-0.39, 0.29) is 17.4 Å². The summed E-state index contributed by atoms with van der Waals surface area (Å²) in [5.74, 6) is 0.213. The van der Waals surface area contributed by atoms with Gasteiger partial charge in [0.2, 0.25) is 0 Å². The molecule has 5 heteroatoms. The van der Waals surface area contributed by atoms with E-state index < -0.39 is 29.5 Å². The van der Waals surface area contributed by atoms with Crippen LogP contribution in [0, 0.1) is 28.6 Å². The van der Waals surface area contributed by atoms with Crippen molar-refractivity contribution in [1.29, 1.82) is 0 Å². The second-order valence-corrected chi connectivity index (χ2v) is 9.71. The molecule has 0 heterocycles. The first-order valence-electron chi connectivity index (χ1n) is 10.1. The molecule has 4 aliphatic rings. The summed E-state index contributed by atoms with van der Waals surface area (Å²) >= 11 is 0. The average molecular weight is 364 g/mol. The van der Waals surface area contributed by atoms with Gasteiger partial charge in [0, 0.05) is 5.41 Å². The molecule has 3 fully saturated rings. The van der Waals surface area contributed by atoms with Gasteiger partial charge in [0.05, 0.1) is 12.2 Å². The minimum atomic E-state index is -1.84. The van der Waals surface area contributed by atoms with Crippen LogP contribution in [0.3, 0.4) is 0 Å². The van der Waals surface area contributed by atoms with Gasteiger partial charge in [-0.25, -0.2) is 0 Å². The summed E-state index contributed by atoms with van der Waals surface area (Å²) < 4.78 is 0. The Labute approximate surface area is 155 Å². The van der Waals surface area contributed by atoms with Gasteiger partial charge >= 0.3 is 0 Å². The maximum atomic E-state index is 12.4. The number of ketones is 1. The van der Waals surface area contributed by atoms with Gasteiger partial charge in [0.15, 0.2) is 11.4 Å². The van der Waals surface area contributed by atoms with Crippen LogP contribution in [-0.4, -0.2) is 50.6 Å². The fourth-order valence-corrected chi connectivity index (χ4v) is 7.29. The molecule has 5 nitrogen and oxygen atoms in total. The van der Waals surface area contributed by atoms with Gasteiger partial charge in [-0.2, -0.15) is 0 Å². The van der Waals surface area contributed by atoms with Gasteiger partial charge in [0.1, 0.15) is 6.61 Å². The Morgan fingerprint density at radius 3 is 2.62 bits per heavy atom. The predicted molar refractivity (Wildman–Crippen MR) is 96.1 cm³/mol. The smallest absolute Gasteiger partial charge is 0.192 e. The number of rotatable bonds is 2. The van der Waals surface area contributed by atoms with Crippen LogP contribution in [-0.2, 0) is 4.79 Å². The zero-order valence-corrected chi connectivity index (χ0v) is 15.8. The summed E-state index contributed by atoms with van der Waals surface area (Å²) in [6.07, 6.45) is 6.41. The molecule has 0 aromatic heterocycles. The molecule has 0 aliphatic heterocycles. The normalized spacial score (nSPS) is 53.3. The number of hydrogen-bond acceptors (Lipinski definition) is 5. The van der Waals surface area contributed by atoms with Gasteiger partial charge in [-0.1, -0.05) is 25.5 Å². The molecule has 2 unspecified atom stereocenters. The Morgan fingerprint density at radius 1 is 1.19 bits per heavy atom. The highest BCUT2D eigenvalue weighted by Crippen LogP contribution is 2.67. The fraction of sp³-hybridized carbons (Fsp3) is 0.857. The van der Waals surface area contributed by atoms with Crippen LogP contribution >= 0.6 is 0 Å². The SMILES string of the molecule is C[C@]12CCC(O)CC1=CC[C@@H]1[C@@H]2CC[C@@]2(C)[C@H]1CC(O)[C@]2(O)C(=O)CO. The average Bonchev–Trinajstić information content (AvgIpc) is 2.83. The van der Waals surface area contributed by atoms with E-state index in [2.05, 4.69) is 13.0 Å². The molecule has 146 valence electrons. The van der Waals surface area contributed by atoms with Crippen molar-refractivity contribution < 1.29 is 25.2 Å². The van der Waals surface area contributed by atoms with Gasteiger partial charge in [0.25, 0.3) is 0 Å². The molecule has 0 amide bonds. The summed E-state index contributed by atoms with van der Waals surface area (Å²) in [6.45, 7) is 3.52. The zero-order valence-electron chi connectivity index (χ0n) is 15.8. The van der Waals surface area contributed by atoms with Crippen LogP contribution in [0.15, 0.2) is 11.6 Å². The summed E-state index contributed by atoms with van der Waals surface area (Å²) in [7, 11) is 0. The number of aliphatic hydroxyl groups excluding tert-OH is 3. The van der Waals surface area contributed by atoms with Crippen molar-refractivity contribution in [2.24, 2.45) is 28.6 Å². The third-order valence-corrected chi connectivity index (χ3v) is 8.87. The number of hydrogen-bond donors (Lipinski definition) is 4. The molecule has 8 atom stereocenters. The first-order valence-corrected chi connectivity index (χ1v) is 10.1. The summed E-state index contributed by atoms with van der Waals surface area (Å²) in [5.41, 5.74) is -1.08. The molecule has 4 rings (SSSR count). The Kier molecular flexibility index (Phi) is 4.20. The quantitative estimate of drug-likeness (QED) is 0.558. The topological polar surface area (TPSA) is 98.0 Å². The third-order valence-electron chi connectivity index (χ3n) is 8.87. The van der Waals surface area contributed by atoms with Gasteiger partial charge in [-0.15, -0.1) is 0 Å². The zero-order chi connectivity index (χ0) is 18.9. The molecule has 3 saturated carbocycles. The minimum Gasteiger partial charge on any atom is -0.393 e. The second-order valence-electron chi connectivity index (χ2n) is 9.71. The lowest BCUT2D eigenvalue weighted by molar-refractivity contribution is -0.177. The van der Waals surface area contributed by atoms with Crippen molar-refractivity contribution in [2.45, 2.75) is 76.6 Å². The molecule has 4 N–H and O–H groups in total. The first kappa shape index (κ1) is 18.6. The predicted octanol–water partition coefficient (Wildman–Crippen LogP) is 1.57. The lowest BCUT2D eigenvalue weighted by atomic mass is 9.46. The molecule has 0 aromatic rings. The molecular weight excluding hydrogens is 332 g/mol. The van der Waals surface area contributed by atoms with E-state index in [0.29, 0.717) is 24.7 Å².